The fourth-order valence-corrected chi connectivity index (χ4v) is 3.74. The molecule has 2 amide bonds. The van der Waals surface area contributed by atoms with Gasteiger partial charge in [-0.15, -0.1) is 0 Å². The second kappa shape index (κ2) is 9.77. The standard InChI is InChI=1S/C24H15Cl3N2O5/c1-33-19-11-8-14(25)12-17(19)29-22(30)20(27)21(23(29)31)28-15-9-6-13(7-10-15)24(32)34-18-5-3-2-4-16(18)26/h2-12,28H,1H3. The summed E-state index contributed by atoms with van der Waals surface area (Å²) in [4.78, 5) is 39.1. The lowest BCUT2D eigenvalue weighted by atomic mass is 10.2. The number of ether oxygens (including phenoxy) is 2. The summed E-state index contributed by atoms with van der Waals surface area (Å²) in [7, 11) is 1.41. The third-order valence-corrected chi connectivity index (χ3v) is 5.74. The van der Waals surface area contributed by atoms with Crippen LogP contribution < -0.4 is 19.7 Å². The van der Waals surface area contributed by atoms with Gasteiger partial charge in [0.05, 0.1) is 23.4 Å². The molecular weight excluding hydrogens is 503 g/mol. The molecule has 0 fully saturated rings. The highest BCUT2D eigenvalue weighted by atomic mass is 35.5. The molecule has 0 aliphatic carbocycles. The van der Waals surface area contributed by atoms with E-state index in [1.807, 2.05) is 0 Å². The zero-order valence-corrected chi connectivity index (χ0v) is 19.7. The fraction of sp³-hybridized carbons (Fsp3) is 0.0417. The van der Waals surface area contributed by atoms with Crippen molar-refractivity contribution in [2.24, 2.45) is 0 Å². The third-order valence-electron chi connectivity index (χ3n) is 4.84. The van der Waals surface area contributed by atoms with Gasteiger partial charge in [0.15, 0.2) is 0 Å². The summed E-state index contributed by atoms with van der Waals surface area (Å²) in [6, 6.07) is 17.2. The third kappa shape index (κ3) is 4.59. The Bertz CT molecular complexity index is 1340. The van der Waals surface area contributed by atoms with Crippen LogP contribution in [0, 0.1) is 0 Å². The Kier molecular flexibility index (Phi) is 6.79. The number of halogens is 3. The number of imide groups is 1. The van der Waals surface area contributed by atoms with Crippen LogP contribution in [0.5, 0.6) is 11.5 Å². The number of benzene rings is 3. The Labute approximate surface area is 209 Å². The van der Waals surface area contributed by atoms with Crippen molar-refractivity contribution >= 4 is 64.0 Å². The van der Waals surface area contributed by atoms with E-state index < -0.39 is 17.8 Å². The molecule has 4 rings (SSSR count). The van der Waals surface area contributed by atoms with E-state index in [1.54, 1.807) is 42.5 Å². The minimum atomic E-state index is -0.727. The number of anilines is 2. The summed E-state index contributed by atoms with van der Waals surface area (Å²) in [6.45, 7) is 0. The van der Waals surface area contributed by atoms with Crippen molar-refractivity contribution < 1.29 is 23.9 Å². The Morgan fingerprint density at radius 2 is 1.59 bits per heavy atom. The Morgan fingerprint density at radius 1 is 0.882 bits per heavy atom. The number of hydrogen-bond acceptors (Lipinski definition) is 6. The Morgan fingerprint density at radius 3 is 2.26 bits per heavy atom. The van der Waals surface area contributed by atoms with Crippen LogP contribution in [-0.4, -0.2) is 24.9 Å². The molecule has 7 nitrogen and oxygen atoms in total. The van der Waals surface area contributed by atoms with Gasteiger partial charge in [-0.3, -0.25) is 9.59 Å². The number of carbonyl (C=O) groups excluding carboxylic acids is 3. The smallest absolute Gasteiger partial charge is 0.343 e. The van der Waals surface area contributed by atoms with E-state index in [1.165, 1.54) is 31.4 Å². The van der Waals surface area contributed by atoms with Crippen LogP contribution in [0.1, 0.15) is 10.4 Å². The van der Waals surface area contributed by atoms with Gasteiger partial charge in [-0.05, 0) is 54.6 Å². The predicted octanol–water partition coefficient (Wildman–Crippen LogP) is 5.66. The minimum Gasteiger partial charge on any atom is -0.495 e. The van der Waals surface area contributed by atoms with Gasteiger partial charge in [0.25, 0.3) is 11.8 Å². The molecule has 1 N–H and O–H groups in total. The molecule has 10 heteroatoms. The Hall–Kier alpha value is -3.52. The van der Waals surface area contributed by atoms with Crippen LogP contribution >= 0.6 is 34.8 Å². The predicted molar refractivity (Wildman–Crippen MR) is 130 cm³/mol. The normalized spacial score (nSPS) is 13.4. The molecule has 1 heterocycles. The molecule has 1 aliphatic heterocycles. The van der Waals surface area contributed by atoms with Crippen LogP contribution in [-0.2, 0) is 9.59 Å². The molecule has 0 radical (unpaired) electrons. The van der Waals surface area contributed by atoms with Gasteiger partial charge in [0.1, 0.15) is 22.2 Å². The summed E-state index contributed by atoms with van der Waals surface area (Å²) < 4.78 is 10.5. The molecule has 0 spiro atoms. The molecule has 0 saturated carbocycles. The monoisotopic (exact) mass is 516 g/mol. The van der Waals surface area contributed by atoms with Gasteiger partial charge in [-0.25, -0.2) is 9.69 Å². The number of amides is 2. The molecule has 0 bridgehead atoms. The number of rotatable bonds is 6. The van der Waals surface area contributed by atoms with E-state index in [2.05, 4.69) is 5.32 Å². The zero-order chi connectivity index (χ0) is 24.4. The first-order valence-electron chi connectivity index (χ1n) is 9.76. The molecule has 34 heavy (non-hydrogen) atoms. The average molecular weight is 518 g/mol. The molecule has 172 valence electrons. The molecule has 1 aliphatic rings. The maximum atomic E-state index is 13.0. The van der Waals surface area contributed by atoms with Gasteiger partial charge < -0.3 is 14.8 Å². The van der Waals surface area contributed by atoms with Crippen molar-refractivity contribution in [3.05, 3.63) is 93.1 Å². The highest BCUT2D eigenvalue weighted by Gasteiger charge is 2.40. The van der Waals surface area contributed by atoms with Crippen LogP contribution in [0.25, 0.3) is 0 Å². The van der Waals surface area contributed by atoms with E-state index >= 15 is 0 Å². The Balaban J connectivity index is 1.52. The summed E-state index contributed by atoms with van der Waals surface area (Å²) >= 11 is 18.2. The highest BCUT2D eigenvalue weighted by molar-refractivity contribution is 6.53. The van der Waals surface area contributed by atoms with Crippen molar-refractivity contribution in [3.8, 4) is 11.5 Å². The average Bonchev–Trinajstić information content (AvgIpc) is 3.04. The zero-order valence-electron chi connectivity index (χ0n) is 17.5. The van der Waals surface area contributed by atoms with Gasteiger partial charge in [-0.2, -0.15) is 0 Å². The lowest BCUT2D eigenvalue weighted by Crippen LogP contribution is -2.32. The lowest BCUT2D eigenvalue weighted by Gasteiger charge is -2.18. The number of methoxy groups -OCH3 is 1. The number of carbonyl (C=O) groups is 3. The quantitative estimate of drug-likeness (QED) is 0.258. The topological polar surface area (TPSA) is 84.9 Å². The number of para-hydroxylation sites is 1. The van der Waals surface area contributed by atoms with E-state index in [0.29, 0.717) is 15.7 Å². The molecule has 0 unspecified atom stereocenters. The summed E-state index contributed by atoms with van der Waals surface area (Å²) in [5, 5.41) is 3.16. The van der Waals surface area contributed by atoms with Crippen molar-refractivity contribution in [3.63, 3.8) is 0 Å². The van der Waals surface area contributed by atoms with Crippen molar-refractivity contribution in [1.82, 2.24) is 0 Å². The fourth-order valence-electron chi connectivity index (χ4n) is 3.19. The summed E-state index contributed by atoms with van der Waals surface area (Å²) in [5.41, 5.74) is 0.714. The summed E-state index contributed by atoms with van der Waals surface area (Å²) in [6.07, 6.45) is 0. The highest BCUT2D eigenvalue weighted by Crippen LogP contribution is 2.37. The molecule has 0 saturated heterocycles. The van der Waals surface area contributed by atoms with Crippen molar-refractivity contribution in [1.29, 1.82) is 0 Å². The van der Waals surface area contributed by atoms with Crippen LogP contribution in [0.2, 0.25) is 10.0 Å². The number of esters is 1. The van der Waals surface area contributed by atoms with Crippen molar-refractivity contribution in [2.75, 3.05) is 17.3 Å². The molecule has 3 aromatic rings. The van der Waals surface area contributed by atoms with E-state index in [9.17, 15) is 14.4 Å². The second-order valence-corrected chi connectivity index (χ2v) is 8.19. The second-order valence-electron chi connectivity index (χ2n) is 6.97. The van der Waals surface area contributed by atoms with Crippen LogP contribution in [0.4, 0.5) is 11.4 Å². The van der Waals surface area contributed by atoms with Gasteiger partial charge in [0, 0.05) is 10.7 Å². The maximum Gasteiger partial charge on any atom is 0.343 e. The first kappa shape index (κ1) is 23.6. The van der Waals surface area contributed by atoms with E-state index in [4.69, 9.17) is 44.3 Å². The van der Waals surface area contributed by atoms with E-state index in [0.717, 1.165) is 4.90 Å². The first-order chi connectivity index (χ1) is 16.3. The molecule has 0 atom stereocenters. The molecule has 0 aromatic heterocycles. The molecular formula is C24H15Cl3N2O5. The largest absolute Gasteiger partial charge is 0.495 e. The number of nitrogens with one attached hydrogen (secondary N) is 1. The summed E-state index contributed by atoms with van der Waals surface area (Å²) in [5.74, 6) is -1.51. The SMILES string of the molecule is COc1ccc(Cl)cc1N1C(=O)C(Cl)=C(Nc2ccc(C(=O)Oc3ccccc3Cl)cc2)C1=O. The van der Waals surface area contributed by atoms with E-state index in [-0.39, 0.29) is 33.5 Å². The van der Waals surface area contributed by atoms with Gasteiger partial charge in [0.2, 0.25) is 0 Å². The maximum absolute atomic E-state index is 13.0. The van der Waals surface area contributed by atoms with Crippen LogP contribution in [0.15, 0.2) is 77.5 Å². The van der Waals surface area contributed by atoms with Gasteiger partial charge >= 0.3 is 5.97 Å². The van der Waals surface area contributed by atoms with Crippen molar-refractivity contribution in [2.45, 2.75) is 0 Å². The first-order valence-corrected chi connectivity index (χ1v) is 10.9. The van der Waals surface area contributed by atoms with Crippen LogP contribution in [0.3, 0.4) is 0 Å². The number of hydrogen-bond donors (Lipinski definition) is 1. The number of nitrogens with zero attached hydrogens (tertiary/aromatic N) is 1. The van der Waals surface area contributed by atoms with Gasteiger partial charge in [-0.1, -0.05) is 46.9 Å². The lowest BCUT2D eigenvalue weighted by molar-refractivity contribution is -0.120. The minimum absolute atomic E-state index is 0.125. The molecule has 3 aromatic carbocycles.